The molecule has 1 heterocycles. The molecule has 1 aromatic carbocycles. The van der Waals surface area contributed by atoms with Crippen LogP contribution in [0.2, 0.25) is 0 Å². The lowest BCUT2D eigenvalue weighted by atomic mass is 10.1. The minimum atomic E-state index is -0.953. The molecule has 0 aliphatic carbocycles. The zero-order chi connectivity index (χ0) is 14.5. The summed E-state index contributed by atoms with van der Waals surface area (Å²) in [6.45, 7) is 1.72. The molecular weight excluding hydrogens is 256 g/mol. The minimum absolute atomic E-state index is 0.122. The minimum Gasteiger partial charge on any atom is -0.481 e. The van der Waals surface area contributed by atoms with Gasteiger partial charge in [0.2, 0.25) is 0 Å². The number of nitrogens with two attached hydrogens (primary N) is 1. The zero-order valence-electron chi connectivity index (χ0n) is 11.3. The van der Waals surface area contributed by atoms with Crippen molar-refractivity contribution >= 4 is 17.5 Å². The third kappa shape index (κ3) is 3.27. The second-order valence-electron chi connectivity index (χ2n) is 4.91. The number of hydrazine groups is 1. The van der Waals surface area contributed by atoms with Crippen LogP contribution in [0.4, 0.5) is 5.69 Å². The number of hydrogen-bond donors (Lipinski definition) is 3. The van der Waals surface area contributed by atoms with Gasteiger partial charge in [-0.15, -0.1) is 0 Å². The van der Waals surface area contributed by atoms with Crippen LogP contribution in [0.25, 0.3) is 0 Å². The van der Waals surface area contributed by atoms with Gasteiger partial charge in [0.15, 0.2) is 0 Å². The van der Waals surface area contributed by atoms with Gasteiger partial charge in [0, 0.05) is 13.1 Å². The molecule has 108 valence electrons. The Labute approximate surface area is 118 Å². The lowest BCUT2D eigenvalue weighted by Gasteiger charge is -2.39. The fourth-order valence-corrected chi connectivity index (χ4v) is 2.53. The quantitative estimate of drug-likeness (QED) is 0.537. The molecule has 1 atom stereocenters. The molecule has 1 saturated heterocycles. The molecule has 6 heteroatoms. The van der Waals surface area contributed by atoms with Crippen LogP contribution >= 0.6 is 0 Å². The summed E-state index contributed by atoms with van der Waals surface area (Å²) in [7, 11) is 0. The first-order chi connectivity index (χ1) is 9.59. The standard InChI is InChI=1S/C14H20N4O2/c15-14(16)12(10-13(19)20)18(17-8-4-5-9-17)11-6-2-1-3-7-11/h1-3,6-7,12H,4-5,8-10H2,(H3,15,16)(H,19,20). The van der Waals surface area contributed by atoms with Crippen LogP contribution in [-0.4, -0.2) is 41.1 Å². The number of anilines is 1. The van der Waals surface area contributed by atoms with Crippen LogP contribution in [0.15, 0.2) is 30.3 Å². The van der Waals surface area contributed by atoms with Gasteiger partial charge in [-0.05, 0) is 25.0 Å². The van der Waals surface area contributed by atoms with Crippen molar-refractivity contribution in [2.45, 2.75) is 25.3 Å². The summed E-state index contributed by atoms with van der Waals surface area (Å²) in [5.74, 6) is -1.08. The van der Waals surface area contributed by atoms with Crippen LogP contribution in [0, 0.1) is 5.41 Å². The van der Waals surface area contributed by atoms with Gasteiger partial charge in [0.25, 0.3) is 0 Å². The van der Waals surface area contributed by atoms with Crippen LogP contribution in [0.5, 0.6) is 0 Å². The molecule has 0 spiro atoms. The summed E-state index contributed by atoms with van der Waals surface area (Å²) in [5, 5.41) is 20.8. The van der Waals surface area contributed by atoms with Gasteiger partial charge in [-0.1, -0.05) is 18.2 Å². The molecule has 1 aliphatic heterocycles. The van der Waals surface area contributed by atoms with Gasteiger partial charge in [0.05, 0.1) is 12.1 Å². The number of carboxylic acid groups (broad SMARTS) is 1. The summed E-state index contributed by atoms with van der Waals surface area (Å²) in [4.78, 5) is 11.1. The van der Waals surface area contributed by atoms with E-state index in [4.69, 9.17) is 16.2 Å². The number of carboxylic acids is 1. The van der Waals surface area contributed by atoms with Gasteiger partial charge in [-0.2, -0.15) is 0 Å². The predicted octanol–water partition coefficient (Wildman–Crippen LogP) is 1.28. The van der Waals surface area contributed by atoms with E-state index in [9.17, 15) is 4.79 Å². The highest BCUT2D eigenvalue weighted by Gasteiger charge is 2.30. The Morgan fingerprint density at radius 1 is 1.35 bits per heavy atom. The number of hydrogen-bond acceptors (Lipinski definition) is 4. The number of amidine groups is 1. The van der Waals surface area contributed by atoms with E-state index in [2.05, 4.69) is 5.01 Å². The second kappa shape index (κ2) is 6.38. The third-order valence-electron chi connectivity index (χ3n) is 3.43. The molecule has 0 amide bonds. The van der Waals surface area contributed by atoms with E-state index in [1.165, 1.54) is 0 Å². The van der Waals surface area contributed by atoms with Crippen molar-refractivity contribution in [3.05, 3.63) is 30.3 Å². The van der Waals surface area contributed by atoms with Crippen molar-refractivity contribution in [3.8, 4) is 0 Å². The van der Waals surface area contributed by atoms with E-state index in [-0.39, 0.29) is 12.3 Å². The molecule has 1 aromatic rings. The molecule has 4 N–H and O–H groups in total. The molecular formula is C14H20N4O2. The van der Waals surface area contributed by atoms with Gasteiger partial charge in [0.1, 0.15) is 11.9 Å². The number of aliphatic carboxylic acids is 1. The van der Waals surface area contributed by atoms with E-state index in [0.717, 1.165) is 31.6 Å². The van der Waals surface area contributed by atoms with Crippen LogP contribution in [0.3, 0.4) is 0 Å². The van der Waals surface area contributed by atoms with Crippen LogP contribution in [0.1, 0.15) is 19.3 Å². The van der Waals surface area contributed by atoms with Gasteiger partial charge >= 0.3 is 5.97 Å². The monoisotopic (exact) mass is 276 g/mol. The predicted molar refractivity (Wildman–Crippen MR) is 77.7 cm³/mol. The topological polar surface area (TPSA) is 93.6 Å². The molecule has 0 aromatic heterocycles. The average molecular weight is 276 g/mol. The molecule has 1 fully saturated rings. The maximum Gasteiger partial charge on any atom is 0.305 e. The molecule has 1 aliphatic rings. The van der Waals surface area contributed by atoms with Crippen molar-refractivity contribution < 1.29 is 9.90 Å². The molecule has 0 saturated carbocycles. The lowest BCUT2D eigenvalue weighted by Crippen LogP contribution is -2.54. The Morgan fingerprint density at radius 3 is 2.45 bits per heavy atom. The number of benzene rings is 1. The van der Waals surface area contributed by atoms with Crippen molar-refractivity contribution in [2.24, 2.45) is 5.73 Å². The SMILES string of the molecule is N=C(N)C(CC(=O)O)N(c1ccccc1)N1CCCC1. The first-order valence-corrected chi connectivity index (χ1v) is 6.74. The number of carbonyl (C=O) groups is 1. The Morgan fingerprint density at radius 2 is 1.95 bits per heavy atom. The summed E-state index contributed by atoms with van der Waals surface area (Å²) < 4.78 is 0. The fourth-order valence-electron chi connectivity index (χ4n) is 2.53. The first kappa shape index (κ1) is 14.3. The van der Waals surface area contributed by atoms with Gasteiger partial charge in [-0.25, -0.2) is 5.01 Å². The maximum atomic E-state index is 11.1. The second-order valence-corrected chi connectivity index (χ2v) is 4.91. The van der Waals surface area contributed by atoms with E-state index in [0.29, 0.717) is 0 Å². The summed E-state index contributed by atoms with van der Waals surface area (Å²) in [6, 6.07) is 8.89. The Balaban J connectivity index is 2.33. The number of nitrogens with one attached hydrogen (secondary N) is 1. The lowest BCUT2D eigenvalue weighted by molar-refractivity contribution is -0.137. The van der Waals surface area contributed by atoms with E-state index in [1.54, 1.807) is 0 Å². The van der Waals surface area contributed by atoms with Gasteiger partial charge in [-0.3, -0.25) is 15.2 Å². The van der Waals surface area contributed by atoms with Gasteiger partial charge < -0.3 is 10.8 Å². The number of rotatable bonds is 6. The van der Waals surface area contributed by atoms with Crippen molar-refractivity contribution in [1.82, 2.24) is 5.01 Å². The molecule has 20 heavy (non-hydrogen) atoms. The highest BCUT2D eigenvalue weighted by Crippen LogP contribution is 2.24. The normalized spacial score (nSPS) is 16.8. The number of para-hydroxylation sites is 1. The number of nitrogens with zero attached hydrogens (tertiary/aromatic N) is 2. The summed E-state index contributed by atoms with van der Waals surface area (Å²) in [6.07, 6.45) is 1.96. The average Bonchev–Trinajstić information content (AvgIpc) is 2.92. The highest BCUT2D eigenvalue weighted by molar-refractivity contribution is 5.89. The van der Waals surface area contributed by atoms with E-state index >= 15 is 0 Å². The molecule has 6 nitrogen and oxygen atoms in total. The zero-order valence-corrected chi connectivity index (χ0v) is 11.3. The Kier molecular flexibility index (Phi) is 4.57. The van der Waals surface area contributed by atoms with Crippen LogP contribution < -0.4 is 10.7 Å². The molecule has 0 radical (unpaired) electrons. The fraction of sp³-hybridized carbons (Fsp3) is 0.429. The van der Waals surface area contributed by atoms with Crippen LogP contribution in [-0.2, 0) is 4.79 Å². The molecule has 2 rings (SSSR count). The van der Waals surface area contributed by atoms with E-state index in [1.807, 2.05) is 35.3 Å². The van der Waals surface area contributed by atoms with Crippen molar-refractivity contribution in [3.63, 3.8) is 0 Å². The summed E-state index contributed by atoms with van der Waals surface area (Å²) in [5.41, 5.74) is 6.51. The van der Waals surface area contributed by atoms with Crippen molar-refractivity contribution in [1.29, 1.82) is 5.41 Å². The summed E-state index contributed by atoms with van der Waals surface area (Å²) >= 11 is 0. The smallest absolute Gasteiger partial charge is 0.305 e. The molecule has 0 bridgehead atoms. The highest BCUT2D eigenvalue weighted by atomic mass is 16.4. The molecule has 1 unspecified atom stereocenters. The third-order valence-corrected chi connectivity index (χ3v) is 3.43. The van der Waals surface area contributed by atoms with Crippen molar-refractivity contribution in [2.75, 3.05) is 18.1 Å². The maximum absolute atomic E-state index is 11.1. The largest absolute Gasteiger partial charge is 0.481 e. The Hall–Kier alpha value is -2.08. The first-order valence-electron chi connectivity index (χ1n) is 6.74. The Bertz CT molecular complexity index is 471. The van der Waals surface area contributed by atoms with E-state index < -0.39 is 12.0 Å².